The van der Waals surface area contributed by atoms with Gasteiger partial charge in [0.05, 0.1) is 21.3 Å². The van der Waals surface area contributed by atoms with Gasteiger partial charge in [0.25, 0.3) is 0 Å². The molecule has 0 saturated heterocycles. The fourth-order valence-corrected chi connectivity index (χ4v) is 3.42. The maximum absolute atomic E-state index is 13.0. The van der Waals surface area contributed by atoms with E-state index in [1.165, 1.54) is 5.56 Å². The zero-order valence-corrected chi connectivity index (χ0v) is 18.5. The summed E-state index contributed by atoms with van der Waals surface area (Å²) in [4.78, 5) is 14.9. The van der Waals surface area contributed by atoms with Crippen molar-refractivity contribution in [3.63, 3.8) is 0 Å². The van der Waals surface area contributed by atoms with E-state index >= 15 is 0 Å². The van der Waals surface area contributed by atoms with Gasteiger partial charge in [-0.15, -0.1) is 0 Å². The van der Waals surface area contributed by atoms with E-state index in [-0.39, 0.29) is 5.91 Å². The zero-order chi connectivity index (χ0) is 21.7. The molecule has 0 unspecified atom stereocenters. The van der Waals surface area contributed by atoms with Crippen LogP contribution in [-0.4, -0.2) is 38.2 Å². The first-order valence-corrected chi connectivity index (χ1v) is 10.3. The molecule has 2 aromatic rings. The van der Waals surface area contributed by atoms with Gasteiger partial charge in [-0.3, -0.25) is 4.79 Å². The Morgan fingerprint density at radius 3 is 2.13 bits per heavy atom. The minimum absolute atomic E-state index is 0.00211. The lowest BCUT2D eigenvalue weighted by atomic mass is 10.0. The van der Waals surface area contributed by atoms with E-state index in [1.807, 2.05) is 11.0 Å². The van der Waals surface area contributed by atoms with E-state index in [0.29, 0.717) is 35.8 Å². The Morgan fingerprint density at radius 2 is 1.60 bits per heavy atom. The number of amides is 1. The number of rotatable bonds is 9. The van der Waals surface area contributed by atoms with Crippen LogP contribution in [0.2, 0.25) is 0 Å². The van der Waals surface area contributed by atoms with E-state index in [2.05, 4.69) is 38.1 Å². The van der Waals surface area contributed by atoms with Crippen molar-refractivity contribution < 1.29 is 19.0 Å². The van der Waals surface area contributed by atoms with E-state index in [4.69, 9.17) is 14.2 Å². The quantitative estimate of drug-likeness (QED) is 0.545. The first-order chi connectivity index (χ1) is 14.5. The predicted octanol–water partition coefficient (Wildman–Crippen LogP) is 5.04. The summed E-state index contributed by atoms with van der Waals surface area (Å²) in [6.45, 7) is 4.99. The summed E-state index contributed by atoms with van der Waals surface area (Å²) < 4.78 is 16.2. The van der Waals surface area contributed by atoms with Crippen molar-refractivity contribution in [2.24, 2.45) is 0 Å². The van der Waals surface area contributed by atoms with Crippen molar-refractivity contribution in [3.05, 3.63) is 59.2 Å². The van der Waals surface area contributed by atoms with E-state index in [1.54, 1.807) is 39.5 Å². The first-order valence-electron chi connectivity index (χ1n) is 10.3. The zero-order valence-electron chi connectivity index (χ0n) is 18.5. The third kappa shape index (κ3) is 5.15. The molecule has 3 rings (SSSR count). The van der Waals surface area contributed by atoms with Crippen LogP contribution in [0.1, 0.15) is 49.3 Å². The highest BCUT2D eigenvalue weighted by Gasteiger charge is 2.31. The number of hydrogen-bond acceptors (Lipinski definition) is 4. The Bertz CT molecular complexity index is 898. The number of carbonyl (C=O) groups excluding carboxylic acids is 1. The van der Waals surface area contributed by atoms with Crippen LogP contribution >= 0.6 is 0 Å². The minimum atomic E-state index is 0.00211. The monoisotopic (exact) mass is 409 g/mol. The lowest BCUT2D eigenvalue weighted by molar-refractivity contribution is -0.127. The lowest BCUT2D eigenvalue weighted by Crippen LogP contribution is -2.31. The van der Waals surface area contributed by atoms with Gasteiger partial charge in [-0.25, -0.2) is 0 Å². The number of benzene rings is 2. The third-order valence-corrected chi connectivity index (χ3v) is 5.41. The molecule has 0 aromatic heterocycles. The Morgan fingerprint density at radius 1 is 1.00 bits per heavy atom. The molecule has 160 valence electrons. The molecule has 0 bridgehead atoms. The Balaban J connectivity index is 1.77. The minimum Gasteiger partial charge on any atom is -0.496 e. The number of nitrogens with zero attached hydrogens (tertiary/aromatic N) is 1. The SMILES string of the molecule is COc1cc(OC)c(OC)cc1/C=C/C(=O)N(Cc1ccc(C(C)C)cc1)C1CC1. The van der Waals surface area contributed by atoms with Crippen LogP contribution in [0.4, 0.5) is 0 Å². The topological polar surface area (TPSA) is 48.0 Å². The third-order valence-electron chi connectivity index (χ3n) is 5.41. The molecule has 0 heterocycles. The van der Waals surface area contributed by atoms with E-state index < -0.39 is 0 Å². The van der Waals surface area contributed by atoms with Gasteiger partial charge in [0, 0.05) is 30.3 Å². The lowest BCUT2D eigenvalue weighted by Gasteiger charge is -2.21. The molecule has 30 heavy (non-hydrogen) atoms. The summed E-state index contributed by atoms with van der Waals surface area (Å²) in [5, 5.41) is 0. The number of carbonyl (C=O) groups is 1. The van der Waals surface area contributed by atoms with Crippen LogP contribution in [0, 0.1) is 0 Å². The average Bonchev–Trinajstić information content (AvgIpc) is 3.60. The van der Waals surface area contributed by atoms with Gasteiger partial charge in [0.2, 0.25) is 5.91 Å². The van der Waals surface area contributed by atoms with Gasteiger partial charge in [0.1, 0.15) is 5.75 Å². The summed E-state index contributed by atoms with van der Waals surface area (Å²) in [6, 6.07) is 12.4. The number of ether oxygens (including phenoxy) is 3. The molecule has 1 fully saturated rings. The molecule has 1 aliphatic carbocycles. The maximum Gasteiger partial charge on any atom is 0.247 e. The molecule has 5 heteroatoms. The fraction of sp³-hybridized carbons (Fsp3) is 0.400. The Kier molecular flexibility index (Phi) is 7.03. The van der Waals surface area contributed by atoms with Gasteiger partial charge >= 0.3 is 0 Å². The molecule has 1 amide bonds. The van der Waals surface area contributed by atoms with Crippen LogP contribution in [0.25, 0.3) is 6.08 Å². The van der Waals surface area contributed by atoms with Crippen molar-refractivity contribution in [1.82, 2.24) is 4.90 Å². The molecular weight excluding hydrogens is 378 g/mol. The predicted molar refractivity (Wildman–Crippen MR) is 119 cm³/mol. The van der Waals surface area contributed by atoms with Gasteiger partial charge in [0.15, 0.2) is 11.5 Å². The summed E-state index contributed by atoms with van der Waals surface area (Å²) in [5.41, 5.74) is 3.22. The molecule has 5 nitrogen and oxygen atoms in total. The van der Waals surface area contributed by atoms with Crippen LogP contribution < -0.4 is 14.2 Å². The van der Waals surface area contributed by atoms with Crippen LogP contribution in [-0.2, 0) is 11.3 Å². The average molecular weight is 410 g/mol. The van der Waals surface area contributed by atoms with E-state index in [0.717, 1.165) is 24.0 Å². The van der Waals surface area contributed by atoms with Crippen LogP contribution in [0.5, 0.6) is 17.2 Å². The number of methoxy groups -OCH3 is 3. The largest absolute Gasteiger partial charge is 0.496 e. The molecule has 1 aliphatic rings. The van der Waals surface area contributed by atoms with Crippen LogP contribution in [0.3, 0.4) is 0 Å². The van der Waals surface area contributed by atoms with Crippen molar-refractivity contribution in [1.29, 1.82) is 0 Å². The molecule has 1 saturated carbocycles. The highest BCUT2D eigenvalue weighted by Crippen LogP contribution is 2.35. The molecule has 0 spiro atoms. The standard InChI is InChI=1S/C25H31NO4/c1-17(2)19-8-6-18(7-9-19)16-26(21-11-12-21)25(27)13-10-20-14-23(29-4)24(30-5)15-22(20)28-3/h6-10,13-15,17,21H,11-12,16H2,1-5H3/b13-10+. The molecule has 0 atom stereocenters. The molecule has 0 radical (unpaired) electrons. The summed E-state index contributed by atoms with van der Waals surface area (Å²) in [6.07, 6.45) is 5.51. The first kappa shape index (κ1) is 21.8. The van der Waals surface area contributed by atoms with Gasteiger partial charge < -0.3 is 19.1 Å². The summed E-state index contributed by atoms with van der Waals surface area (Å²) >= 11 is 0. The van der Waals surface area contributed by atoms with Gasteiger partial charge in [-0.2, -0.15) is 0 Å². The smallest absolute Gasteiger partial charge is 0.247 e. The van der Waals surface area contributed by atoms with Crippen molar-refractivity contribution >= 4 is 12.0 Å². The second-order valence-corrected chi connectivity index (χ2v) is 7.88. The normalized spacial score (nSPS) is 13.5. The fourth-order valence-electron chi connectivity index (χ4n) is 3.42. The summed E-state index contributed by atoms with van der Waals surface area (Å²) in [5.74, 6) is 2.30. The molecule has 0 N–H and O–H groups in total. The maximum atomic E-state index is 13.0. The highest BCUT2D eigenvalue weighted by molar-refractivity contribution is 5.92. The Labute approximate surface area is 179 Å². The number of hydrogen-bond donors (Lipinski definition) is 0. The van der Waals surface area contributed by atoms with Crippen molar-refractivity contribution in [3.8, 4) is 17.2 Å². The van der Waals surface area contributed by atoms with Crippen LogP contribution in [0.15, 0.2) is 42.5 Å². The van der Waals surface area contributed by atoms with Crippen molar-refractivity contribution in [2.45, 2.75) is 45.2 Å². The molecular formula is C25H31NO4. The Hall–Kier alpha value is -2.95. The van der Waals surface area contributed by atoms with Gasteiger partial charge in [-0.05, 0) is 42.0 Å². The molecule has 0 aliphatic heterocycles. The van der Waals surface area contributed by atoms with Gasteiger partial charge in [-0.1, -0.05) is 38.1 Å². The second-order valence-electron chi connectivity index (χ2n) is 7.88. The van der Waals surface area contributed by atoms with E-state index in [9.17, 15) is 4.79 Å². The molecule has 2 aromatic carbocycles. The summed E-state index contributed by atoms with van der Waals surface area (Å²) in [7, 11) is 4.76. The van der Waals surface area contributed by atoms with Crippen molar-refractivity contribution in [2.75, 3.05) is 21.3 Å². The highest BCUT2D eigenvalue weighted by atomic mass is 16.5. The second kappa shape index (κ2) is 9.70.